The molecule has 1 nitrogen and oxygen atoms in total. The minimum atomic E-state index is 0.694. The van der Waals surface area contributed by atoms with Gasteiger partial charge in [-0.05, 0) is 57.1 Å². The van der Waals surface area contributed by atoms with Crippen LogP contribution in [-0.2, 0) is 0 Å². The first-order valence-corrected chi connectivity index (χ1v) is 7.32. The van der Waals surface area contributed by atoms with Gasteiger partial charge in [-0.2, -0.15) is 11.8 Å². The molecular formula is C12H27NS. The van der Waals surface area contributed by atoms with E-state index in [1.807, 2.05) is 11.8 Å². The predicted molar refractivity (Wildman–Crippen MR) is 69.2 cm³/mol. The highest BCUT2D eigenvalue weighted by Crippen LogP contribution is 2.14. The van der Waals surface area contributed by atoms with Gasteiger partial charge in [0.15, 0.2) is 0 Å². The van der Waals surface area contributed by atoms with Crippen LogP contribution in [0.15, 0.2) is 0 Å². The van der Waals surface area contributed by atoms with Crippen molar-refractivity contribution in [3.05, 3.63) is 0 Å². The van der Waals surface area contributed by atoms with Crippen LogP contribution in [0.5, 0.6) is 0 Å². The van der Waals surface area contributed by atoms with Crippen LogP contribution in [0.1, 0.15) is 46.5 Å². The highest BCUT2D eigenvalue weighted by molar-refractivity contribution is 7.98. The maximum Gasteiger partial charge on any atom is 0.00412 e. The first-order valence-electron chi connectivity index (χ1n) is 5.93. The summed E-state index contributed by atoms with van der Waals surface area (Å²) in [6.07, 6.45) is 7.53. The Morgan fingerprint density at radius 2 is 2.00 bits per heavy atom. The lowest BCUT2D eigenvalue weighted by Crippen LogP contribution is -2.28. The van der Waals surface area contributed by atoms with E-state index in [1.54, 1.807) is 0 Å². The molecule has 2 heteroatoms. The van der Waals surface area contributed by atoms with Gasteiger partial charge in [0.1, 0.15) is 0 Å². The Labute approximate surface area is 94.4 Å². The number of hydrogen-bond donors (Lipinski definition) is 1. The standard InChI is InChI=1S/C12H27NS/c1-5-8-13-12(3)10-11(2)7-6-9-14-4/h11-13H,5-10H2,1-4H3. The van der Waals surface area contributed by atoms with Crippen LogP contribution in [0.2, 0.25) is 0 Å². The zero-order valence-electron chi connectivity index (χ0n) is 10.3. The third-order valence-corrected chi connectivity index (χ3v) is 3.24. The van der Waals surface area contributed by atoms with Crippen LogP contribution in [0.3, 0.4) is 0 Å². The molecule has 0 aliphatic carbocycles. The van der Waals surface area contributed by atoms with Gasteiger partial charge in [0, 0.05) is 6.04 Å². The second-order valence-corrected chi connectivity index (χ2v) is 5.32. The zero-order valence-corrected chi connectivity index (χ0v) is 11.1. The van der Waals surface area contributed by atoms with Crippen molar-refractivity contribution in [3.8, 4) is 0 Å². The molecule has 0 aromatic heterocycles. The molecule has 2 atom stereocenters. The van der Waals surface area contributed by atoms with Crippen molar-refractivity contribution < 1.29 is 0 Å². The van der Waals surface area contributed by atoms with Crippen molar-refractivity contribution >= 4 is 11.8 Å². The van der Waals surface area contributed by atoms with Gasteiger partial charge in [-0.1, -0.05) is 13.8 Å². The molecule has 1 N–H and O–H groups in total. The van der Waals surface area contributed by atoms with E-state index in [4.69, 9.17) is 0 Å². The molecule has 0 bridgehead atoms. The van der Waals surface area contributed by atoms with Crippen molar-refractivity contribution in [2.75, 3.05) is 18.6 Å². The number of thioether (sulfide) groups is 1. The van der Waals surface area contributed by atoms with Crippen LogP contribution >= 0.6 is 11.8 Å². The van der Waals surface area contributed by atoms with Crippen LogP contribution < -0.4 is 5.32 Å². The van der Waals surface area contributed by atoms with Gasteiger partial charge in [0.2, 0.25) is 0 Å². The van der Waals surface area contributed by atoms with Crippen molar-refractivity contribution in [1.29, 1.82) is 0 Å². The van der Waals surface area contributed by atoms with Gasteiger partial charge >= 0.3 is 0 Å². The molecule has 0 rings (SSSR count). The summed E-state index contributed by atoms with van der Waals surface area (Å²) >= 11 is 1.96. The molecule has 0 aromatic carbocycles. The fourth-order valence-corrected chi connectivity index (χ4v) is 2.23. The normalized spacial score (nSPS) is 15.4. The summed E-state index contributed by atoms with van der Waals surface area (Å²) in [5.74, 6) is 2.20. The quantitative estimate of drug-likeness (QED) is 0.593. The van der Waals surface area contributed by atoms with Gasteiger partial charge in [-0.15, -0.1) is 0 Å². The highest BCUT2D eigenvalue weighted by Gasteiger charge is 2.07. The molecular weight excluding hydrogens is 190 g/mol. The SMILES string of the molecule is CCCNC(C)CC(C)CCCSC. The lowest BCUT2D eigenvalue weighted by atomic mass is 9.98. The summed E-state index contributed by atoms with van der Waals surface area (Å²) in [6.45, 7) is 8.07. The minimum absolute atomic E-state index is 0.694. The highest BCUT2D eigenvalue weighted by atomic mass is 32.2. The topological polar surface area (TPSA) is 12.0 Å². The van der Waals surface area contributed by atoms with E-state index in [2.05, 4.69) is 32.3 Å². The van der Waals surface area contributed by atoms with E-state index in [9.17, 15) is 0 Å². The van der Waals surface area contributed by atoms with E-state index < -0.39 is 0 Å². The third kappa shape index (κ3) is 8.89. The van der Waals surface area contributed by atoms with E-state index in [1.165, 1.54) is 38.0 Å². The van der Waals surface area contributed by atoms with Crippen LogP contribution in [0, 0.1) is 5.92 Å². The lowest BCUT2D eigenvalue weighted by Gasteiger charge is -2.18. The summed E-state index contributed by atoms with van der Waals surface area (Å²) in [6, 6.07) is 0.694. The van der Waals surface area contributed by atoms with Gasteiger partial charge in [0.05, 0.1) is 0 Å². The van der Waals surface area contributed by atoms with Crippen molar-refractivity contribution in [3.63, 3.8) is 0 Å². The molecule has 0 fully saturated rings. The molecule has 0 saturated heterocycles. The number of hydrogen-bond acceptors (Lipinski definition) is 2. The summed E-state index contributed by atoms with van der Waals surface area (Å²) in [7, 11) is 0. The fourth-order valence-electron chi connectivity index (χ4n) is 1.77. The summed E-state index contributed by atoms with van der Waals surface area (Å²) in [5.41, 5.74) is 0. The van der Waals surface area contributed by atoms with E-state index in [-0.39, 0.29) is 0 Å². The Balaban J connectivity index is 3.35. The van der Waals surface area contributed by atoms with E-state index >= 15 is 0 Å². The Morgan fingerprint density at radius 1 is 1.29 bits per heavy atom. The molecule has 0 saturated carbocycles. The fraction of sp³-hybridized carbons (Fsp3) is 1.00. The van der Waals surface area contributed by atoms with Gasteiger partial charge in [0.25, 0.3) is 0 Å². The Bertz CT molecular complexity index is 117. The zero-order chi connectivity index (χ0) is 10.8. The summed E-state index contributed by atoms with van der Waals surface area (Å²) < 4.78 is 0. The first kappa shape index (κ1) is 14.3. The smallest absolute Gasteiger partial charge is 0.00412 e. The summed E-state index contributed by atoms with van der Waals surface area (Å²) in [4.78, 5) is 0. The number of rotatable bonds is 9. The van der Waals surface area contributed by atoms with Crippen LogP contribution in [-0.4, -0.2) is 24.6 Å². The maximum atomic E-state index is 3.55. The lowest BCUT2D eigenvalue weighted by molar-refractivity contribution is 0.401. The molecule has 86 valence electrons. The van der Waals surface area contributed by atoms with Crippen molar-refractivity contribution in [1.82, 2.24) is 5.32 Å². The van der Waals surface area contributed by atoms with Gasteiger partial charge in [-0.3, -0.25) is 0 Å². The third-order valence-electron chi connectivity index (χ3n) is 2.54. The molecule has 0 aromatic rings. The average Bonchev–Trinajstić information content (AvgIpc) is 2.15. The minimum Gasteiger partial charge on any atom is -0.314 e. The molecule has 0 amide bonds. The molecule has 0 spiro atoms. The van der Waals surface area contributed by atoms with Gasteiger partial charge < -0.3 is 5.32 Å². The Morgan fingerprint density at radius 3 is 2.57 bits per heavy atom. The van der Waals surface area contributed by atoms with Gasteiger partial charge in [-0.25, -0.2) is 0 Å². The molecule has 2 unspecified atom stereocenters. The van der Waals surface area contributed by atoms with E-state index in [0.29, 0.717) is 6.04 Å². The summed E-state index contributed by atoms with van der Waals surface area (Å²) in [5, 5.41) is 3.55. The molecule has 0 aliphatic rings. The predicted octanol–water partition coefficient (Wildman–Crippen LogP) is 3.54. The van der Waals surface area contributed by atoms with E-state index in [0.717, 1.165) is 5.92 Å². The van der Waals surface area contributed by atoms with Crippen molar-refractivity contribution in [2.45, 2.75) is 52.5 Å². The molecule has 0 aliphatic heterocycles. The maximum absolute atomic E-state index is 3.55. The van der Waals surface area contributed by atoms with Crippen LogP contribution in [0.4, 0.5) is 0 Å². The molecule has 0 heterocycles. The second kappa shape index (κ2) is 9.85. The second-order valence-electron chi connectivity index (χ2n) is 4.33. The largest absolute Gasteiger partial charge is 0.314 e. The molecule has 14 heavy (non-hydrogen) atoms. The van der Waals surface area contributed by atoms with Crippen LogP contribution in [0.25, 0.3) is 0 Å². The Hall–Kier alpha value is 0.310. The monoisotopic (exact) mass is 217 g/mol. The molecule has 0 radical (unpaired) electrons. The van der Waals surface area contributed by atoms with Crippen molar-refractivity contribution in [2.24, 2.45) is 5.92 Å². The Kier molecular flexibility index (Phi) is 10.1. The number of nitrogens with one attached hydrogen (secondary N) is 1. The first-order chi connectivity index (χ1) is 6.70. The average molecular weight is 217 g/mol.